The molecule has 4 aromatic rings. The maximum atomic E-state index is 12.5. The minimum Gasteiger partial charge on any atom is -0.396 e. The second-order valence-corrected chi connectivity index (χ2v) is 9.04. The van der Waals surface area contributed by atoms with E-state index in [0.717, 1.165) is 46.3 Å². The average molecular weight is 464 g/mol. The fourth-order valence-electron chi connectivity index (χ4n) is 3.95. The molecule has 0 unspecified atom stereocenters. The van der Waals surface area contributed by atoms with Gasteiger partial charge < -0.3 is 15.7 Å². The Hall–Kier alpha value is -3.16. The number of aliphatic hydroxyl groups is 1. The molecular weight excluding hydrogens is 438 g/mol. The van der Waals surface area contributed by atoms with Crippen molar-refractivity contribution in [2.45, 2.75) is 39.2 Å². The molecule has 2 aromatic carbocycles. The summed E-state index contributed by atoms with van der Waals surface area (Å²) in [5.74, 6) is 0.528. The van der Waals surface area contributed by atoms with Crippen LogP contribution in [0.1, 0.15) is 40.7 Å². The molecule has 0 radical (unpaired) electrons. The number of benzene rings is 2. The highest BCUT2D eigenvalue weighted by Crippen LogP contribution is 2.32. The monoisotopic (exact) mass is 463 g/mol. The molecule has 2 aromatic heterocycles. The van der Waals surface area contributed by atoms with Crippen molar-refractivity contribution in [2.75, 3.05) is 18.5 Å². The highest BCUT2D eigenvalue weighted by Gasteiger charge is 2.25. The van der Waals surface area contributed by atoms with Crippen LogP contribution in [0.3, 0.4) is 0 Å². The lowest BCUT2D eigenvalue weighted by atomic mass is 10.1. The zero-order chi connectivity index (χ0) is 23.1. The number of nitrogens with one attached hydrogen (secondary N) is 2. The van der Waals surface area contributed by atoms with Gasteiger partial charge in [-0.2, -0.15) is 0 Å². The molecule has 33 heavy (non-hydrogen) atoms. The molecule has 1 amide bonds. The number of carbonyl (C=O) groups is 1. The number of amides is 1. The number of hydrogen-bond donors (Lipinski definition) is 3. The molecule has 7 nitrogen and oxygen atoms in total. The Balaban J connectivity index is 1.64. The average Bonchev–Trinajstić information content (AvgIpc) is 3.49. The van der Waals surface area contributed by atoms with Gasteiger partial charge in [-0.15, -0.1) is 0 Å². The van der Waals surface area contributed by atoms with E-state index in [2.05, 4.69) is 46.0 Å². The number of anilines is 1. The lowest BCUT2D eigenvalue weighted by Crippen LogP contribution is -2.25. The Morgan fingerprint density at radius 1 is 1.21 bits per heavy atom. The van der Waals surface area contributed by atoms with Gasteiger partial charge in [-0.25, -0.2) is 9.97 Å². The van der Waals surface area contributed by atoms with Crippen molar-refractivity contribution >= 4 is 40.0 Å². The molecular formula is C25H26ClN5O2. The number of fused-ring (bicyclic) bond motifs is 3. The molecule has 0 saturated heterocycles. The third kappa shape index (κ3) is 4.14. The summed E-state index contributed by atoms with van der Waals surface area (Å²) >= 11 is 6.54. The molecule has 3 N–H and O–H groups in total. The number of halogens is 1. The van der Waals surface area contributed by atoms with Crippen molar-refractivity contribution in [3.63, 3.8) is 0 Å². The van der Waals surface area contributed by atoms with Crippen LogP contribution in [-0.2, 0) is 0 Å². The third-order valence-corrected chi connectivity index (χ3v) is 6.40. The zero-order valence-corrected chi connectivity index (χ0v) is 19.4. The quantitative estimate of drug-likeness (QED) is 0.351. The van der Waals surface area contributed by atoms with Gasteiger partial charge in [0.2, 0.25) is 0 Å². The lowest BCUT2D eigenvalue weighted by Gasteiger charge is -2.13. The van der Waals surface area contributed by atoms with E-state index >= 15 is 0 Å². The van der Waals surface area contributed by atoms with Crippen LogP contribution in [-0.4, -0.2) is 44.6 Å². The van der Waals surface area contributed by atoms with Crippen LogP contribution < -0.4 is 10.6 Å². The Labute approximate surface area is 196 Å². The van der Waals surface area contributed by atoms with E-state index in [-0.39, 0.29) is 18.6 Å². The van der Waals surface area contributed by atoms with Crippen LogP contribution in [0, 0.1) is 13.8 Å². The van der Waals surface area contributed by atoms with Gasteiger partial charge in [0.15, 0.2) is 11.5 Å². The molecule has 1 saturated carbocycles. The topological polar surface area (TPSA) is 91.6 Å². The van der Waals surface area contributed by atoms with Crippen molar-refractivity contribution in [2.24, 2.45) is 0 Å². The van der Waals surface area contributed by atoms with Crippen LogP contribution in [0.4, 0.5) is 5.82 Å². The number of nitrogens with zero attached hydrogens (tertiary/aromatic N) is 3. The van der Waals surface area contributed by atoms with Crippen LogP contribution in [0.15, 0.2) is 36.5 Å². The number of hydrogen-bond acceptors (Lipinski definition) is 5. The zero-order valence-electron chi connectivity index (χ0n) is 18.7. The van der Waals surface area contributed by atoms with Gasteiger partial charge in [0.1, 0.15) is 0 Å². The highest BCUT2D eigenvalue weighted by molar-refractivity contribution is 6.34. The summed E-state index contributed by atoms with van der Waals surface area (Å²) in [4.78, 5) is 22.0. The van der Waals surface area contributed by atoms with Gasteiger partial charge in [0, 0.05) is 24.8 Å². The molecule has 0 aliphatic heterocycles. The summed E-state index contributed by atoms with van der Waals surface area (Å²) < 4.78 is 2.08. The summed E-state index contributed by atoms with van der Waals surface area (Å²) in [6, 6.07) is 9.96. The summed E-state index contributed by atoms with van der Waals surface area (Å²) in [6.07, 6.45) is 4.47. The van der Waals surface area contributed by atoms with Gasteiger partial charge in [0.05, 0.1) is 33.5 Å². The molecule has 170 valence electrons. The van der Waals surface area contributed by atoms with Crippen molar-refractivity contribution in [1.82, 2.24) is 19.7 Å². The van der Waals surface area contributed by atoms with Crippen LogP contribution in [0.2, 0.25) is 5.02 Å². The molecule has 0 spiro atoms. The Morgan fingerprint density at radius 2 is 2.00 bits per heavy atom. The van der Waals surface area contributed by atoms with Crippen LogP contribution >= 0.6 is 11.6 Å². The maximum Gasteiger partial charge on any atom is 0.253 e. The smallest absolute Gasteiger partial charge is 0.253 e. The summed E-state index contributed by atoms with van der Waals surface area (Å²) in [6.45, 7) is 4.84. The van der Waals surface area contributed by atoms with Gasteiger partial charge in [0.25, 0.3) is 5.91 Å². The molecule has 8 heteroatoms. The van der Waals surface area contributed by atoms with E-state index < -0.39 is 0 Å². The number of imidazole rings is 1. The Morgan fingerprint density at radius 3 is 2.73 bits per heavy atom. The predicted molar refractivity (Wildman–Crippen MR) is 131 cm³/mol. The first-order chi connectivity index (χ1) is 16.0. The molecule has 0 atom stereocenters. The number of aromatic nitrogens is 3. The largest absolute Gasteiger partial charge is 0.396 e. The predicted octanol–water partition coefficient (Wildman–Crippen LogP) is 4.51. The minimum atomic E-state index is -0.136. The van der Waals surface area contributed by atoms with E-state index in [1.165, 1.54) is 0 Å². The summed E-state index contributed by atoms with van der Waals surface area (Å²) in [7, 11) is 0. The van der Waals surface area contributed by atoms with Crippen molar-refractivity contribution in [3.8, 4) is 11.3 Å². The first-order valence-electron chi connectivity index (χ1n) is 11.2. The Kier molecular flexibility index (Phi) is 5.68. The highest BCUT2D eigenvalue weighted by atomic mass is 35.5. The second-order valence-electron chi connectivity index (χ2n) is 8.63. The molecule has 0 bridgehead atoms. The first kappa shape index (κ1) is 21.7. The van der Waals surface area contributed by atoms with E-state index in [0.29, 0.717) is 35.0 Å². The fraction of sp³-hybridized carbons (Fsp3) is 0.320. The van der Waals surface area contributed by atoms with Crippen LogP contribution in [0.5, 0.6) is 0 Å². The molecule has 1 aliphatic rings. The van der Waals surface area contributed by atoms with Crippen molar-refractivity contribution < 1.29 is 9.90 Å². The number of aryl methyl sites for hydroxylation is 2. The van der Waals surface area contributed by atoms with Gasteiger partial charge in [-0.3, -0.25) is 9.20 Å². The summed E-state index contributed by atoms with van der Waals surface area (Å²) in [5, 5.41) is 15.9. The number of aliphatic hydroxyl groups excluding tert-OH is 1. The van der Waals surface area contributed by atoms with Crippen molar-refractivity contribution in [3.05, 3.63) is 58.2 Å². The maximum absolute atomic E-state index is 12.5. The number of rotatable bonds is 7. The SMILES string of the molecule is Cc1cc2nc(NCCCO)c3ncc(-c4ccc(C(=O)NC5CC5)c(Cl)c4)n3c2cc1C. The molecule has 1 fully saturated rings. The van der Waals surface area contributed by atoms with Gasteiger partial charge >= 0.3 is 0 Å². The normalized spacial score (nSPS) is 13.6. The van der Waals surface area contributed by atoms with E-state index in [1.807, 2.05) is 12.1 Å². The van der Waals surface area contributed by atoms with Gasteiger partial charge in [-0.05, 0) is 68.5 Å². The van der Waals surface area contributed by atoms with E-state index in [1.54, 1.807) is 12.3 Å². The number of carbonyl (C=O) groups excluding carboxylic acids is 1. The third-order valence-electron chi connectivity index (χ3n) is 6.09. The molecule has 1 aliphatic carbocycles. The van der Waals surface area contributed by atoms with Crippen molar-refractivity contribution in [1.29, 1.82) is 0 Å². The summed E-state index contributed by atoms with van der Waals surface area (Å²) in [5.41, 5.74) is 7.02. The molecule has 5 rings (SSSR count). The second kappa shape index (κ2) is 8.65. The van der Waals surface area contributed by atoms with Crippen LogP contribution in [0.25, 0.3) is 27.9 Å². The van der Waals surface area contributed by atoms with E-state index in [4.69, 9.17) is 21.7 Å². The van der Waals surface area contributed by atoms with Gasteiger partial charge in [-0.1, -0.05) is 17.7 Å². The Bertz CT molecular complexity index is 1380. The van der Waals surface area contributed by atoms with E-state index in [9.17, 15) is 4.79 Å². The fourth-order valence-corrected chi connectivity index (χ4v) is 4.21. The molecule has 2 heterocycles. The first-order valence-corrected chi connectivity index (χ1v) is 11.6. The lowest BCUT2D eigenvalue weighted by molar-refractivity contribution is 0.0951. The standard InChI is InChI=1S/C25H26ClN5O2/c1-14-10-20-21(11-15(14)2)31-22(13-28-24(31)23(30-20)27-8-3-9-32)16-4-7-18(19(26)12-16)25(33)29-17-5-6-17/h4,7,10-13,17,32H,3,5-6,8-9H2,1-2H3,(H,27,30)(H,29,33). The minimum absolute atomic E-state index is 0.105.